The zero-order chi connectivity index (χ0) is 14.9. The van der Waals surface area contributed by atoms with Crippen LogP contribution >= 0.6 is 15.9 Å². The van der Waals surface area contributed by atoms with Crippen molar-refractivity contribution in [3.8, 4) is 0 Å². The standard InChI is InChI=1S/C17H23BrFNO/c1-20-16(14-10-13(19)4-5-15(14)18)12-6-9-21-17(11-12)7-2-3-8-17/h4-5,10,12,16,20H,2-3,6-9,11H2,1H3. The number of ether oxygens (including phenoxy) is 1. The molecule has 1 aromatic rings. The molecule has 1 N–H and O–H groups in total. The lowest BCUT2D eigenvalue weighted by Crippen LogP contribution is -2.41. The van der Waals surface area contributed by atoms with Gasteiger partial charge in [0.05, 0.1) is 5.60 Å². The molecule has 1 aliphatic carbocycles. The van der Waals surface area contributed by atoms with Gasteiger partial charge in [-0.2, -0.15) is 0 Å². The van der Waals surface area contributed by atoms with Crippen LogP contribution in [-0.4, -0.2) is 19.3 Å². The third kappa shape index (κ3) is 3.17. The molecule has 4 heteroatoms. The minimum Gasteiger partial charge on any atom is -0.375 e. The van der Waals surface area contributed by atoms with Gasteiger partial charge in [0.15, 0.2) is 0 Å². The predicted octanol–water partition coefficient (Wildman–Crippen LogP) is 4.59. The first-order valence-electron chi connectivity index (χ1n) is 7.90. The summed E-state index contributed by atoms with van der Waals surface area (Å²) in [6.07, 6.45) is 7.05. The van der Waals surface area contributed by atoms with Gasteiger partial charge in [0.2, 0.25) is 0 Å². The van der Waals surface area contributed by atoms with E-state index in [2.05, 4.69) is 21.2 Å². The van der Waals surface area contributed by atoms with Crippen LogP contribution < -0.4 is 5.32 Å². The summed E-state index contributed by atoms with van der Waals surface area (Å²) in [6.45, 7) is 0.829. The van der Waals surface area contributed by atoms with E-state index in [-0.39, 0.29) is 17.5 Å². The Labute approximate surface area is 134 Å². The van der Waals surface area contributed by atoms with Crippen molar-refractivity contribution >= 4 is 15.9 Å². The Balaban J connectivity index is 1.84. The van der Waals surface area contributed by atoms with Crippen LogP contribution in [0.5, 0.6) is 0 Å². The lowest BCUT2D eigenvalue weighted by molar-refractivity contribution is -0.0979. The molecule has 1 aromatic carbocycles. The highest BCUT2D eigenvalue weighted by Crippen LogP contribution is 2.46. The summed E-state index contributed by atoms with van der Waals surface area (Å²) in [5.74, 6) is 0.330. The lowest BCUT2D eigenvalue weighted by Gasteiger charge is -2.41. The van der Waals surface area contributed by atoms with E-state index in [0.717, 1.165) is 29.5 Å². The molecule has 1 heterocycles. The van der Waals surface area contributed by atoms with Crippen molar-refractivity contribution in [1.29, 1.82) is 0 Å². The molecule has 0 bridgehead atoms. The monoisotopic (exact) mass is 355 g/mol. The second-order valence-electron chi connectivity index (χ2n) is 6.42. The molecule has 3 rings (SSSR count). The topological polar surface area (TPSA) is 21.3 Å². The van der Waals surface area contributed by atoms with E-state index in [1.54, 1.807) is 12.1 Å². The minimum absolute atomic E-state index is 0.0951. The molecule has 0 aromatic heterocycles. The normalized spacial score (nSPS) is 26.1. The van der Waals surface area contributed by atoms with Crippen LogP contribution in [0.2, 0.25) is 0 Å². The highest BCUT2D eigenvalue weighted by atomic mass is 79.9. The number of halogens is 2. The maximum atomic E-state index is 13.6. The van der Waals surface area contributed by atoms with Gasteiger partial charge >= 0.3 is 0 Å². The van der Waals surface area contributed by atoms with Crippen molar-refractivity contribution in [3.63, 3.8) is 0 Å². The van der Waals surface area contributed by atoms with Crippen LogP contribution in [0.1, 0.15) is 50.1 Å². The van der Waals surface area contributed by atoms with E-state index in [9.17, 15) is 4.39 Å². The SMILES string of the molecule is CNC(c1cc(F)ccc1Br)C1CCOC2(CCCC2)C1. The number of hydrogen-bond donors (Lipinski definition) is 1. The molecule has 1 saturated heterocycles. The van der Waals surface area contributed by atoms with Gasteiger partial charge in [-0.15, -0.1) is 0 Å². The van der Waals surface area contributed by atoms with Crippen molar-refractivity contribution in [2.24, 2.45) is 5.92 Å². The first-order chi connectivity index (χ1) is 10.1. The third-order valence-corrected chi connectivity index (χ3v) is 5.84. The van der Waals surface area contributed by atoms with E-state index >= 15 is 0 Å². The molecule has 2 aliphatic rings. The van der Waals surface area contributed by atoms with Crippen LogP contribution in [0, 0.1) is 11.7 Å². The quantitative estimate of drug-likeness (QED) is 0.856. The molecular weight excluding hydrogens is 333 g/mol. The minimum atomic E-state index is -0.170. The Hall–Kier alpha value is -0.450. The Bertz CT molecular complexity index is 502. The van der Waals surface area contributed by atoms with Gasteiger partial charge in [0.25, 0.3) is 0 Å². The van der Waals surface area contributed by atoms with Crippen LogP contribution in [0.4, 0.5) is 4.39 Å². The van der Waals surface area contributed by atoms with Crippen molar-refractivity contribution in [3.05, 3.63) is 34.1 Å². The average Bonchev–Trinajstić information content (AvgIpc) is 2.91. The number of hydrogen-bond acceptors (Lipinski definition) is 2. The fourth-order valence-corrected chi connectivity index (χ4v) is 4.61. The number of nitrogens with one attached hydrogen (secondary N) is 1. The zero-order valence-electron chi connectivity index (χ0n) is 12.5. The van der Waals surface area contributed by atoms with Crippen LogP contribution in [0.25, 0.3) is 0 Å². The summed E-state index contributed by atoms with van der Waals surface area (Å²) in [4.78, 5) is 0. The van der Waals surface area contributed by atoms with Crippen molar-refractivity contribution < 1.29 is 9.13 Å². The second-order valence-corrected chi connectivity index (χ2v) is 7.28. The third-order valence-electron chi connectivity index (χ3n) is 5.12. The molecule has 2 atom stereocenters. The molecule has 2 fully saturated rings. The Morgan fingerprint density at radius 2 is 2.14 bits per heavy atom. The van der Waals surface area contributed by atoms with Crippen molar-refractivity contribution in [2.45, 2.75) is 50.2 Å². The first-order valence-corrected chi connectivity index (χ1v) is 8.69. The first kappa shape index (κ1) is 15.4. The molecule has 0 amide bonds. The predicted molar refractivity (Wildman–Crippen MR) is 85.8 cm³/mol. The van der Waals surface area contributed by atoms with Crippen LogP contribution in [-0.2, 0) is 4.74 Å². The molecule has 1 saturated carbocycles. The molecule has 1 spiro atoms. The Kier molecular flexibility index (Phi) is 4.67. The van der Waals surface area contributed by atoms with Gasteiger partial charge < -0.3 is 10.1 Å². The Morgan fingerprint density at radius 1 is 1.38 bits per heavy atom. The molecule has 2 unspecified atom stereocenters. The van der Waals surface area contributed by atoms with E-state index in [1.165, 1.54) is 31.7 Å². The molecule has 2 nitrogen and oxygen atoms in total. The highest BCUT2D eigenvalue weighted by molar-refractivity contribution is 9.10. The van der Waals surface area contributed by atoms with E-state index in [4.69, 9.17) is 4.74 Å². The summed E-state index contributed by atoms with van der Waals surface area (Å²) in [5, 5.41) is 3.41. The van der Waals surface area contributed by atoms with Gasteiger partial charge in [0, 0.05) is 17.1 Å². The summed E-state index contributed by atoms with van der Waals surface area (Å²) in [7, 11) is 1.97. The smallest absolute Gasteiger partial charge is 0.123 e. The lowest BCUT2D eigenvalue weighted by atomic mass is 9.78. The maximum Gasteiger partial charge on any atom is 0.123 e. The summed E-state index contributed by atoms with van der Waals surface area (Å²) < 4.78 is 20.7. The molecule has 116 valence electrons. The van der Waals surface area contributed by atoms with Crippen molar-refractivity contribution in [2.75, 3.05) is 13.7 Å². The van der Waals surface area contributed by atoms with Gasteiger partial charge in [-0.3, -0.25) is 0 Å². The summed E-state index contributed by atoms with van der Waals surface area (Å²) in [6, 6.07) is 5.14. The summed E-state index contributed by atoms with van der Waals surface area (Å²) in [5.41, 5.74) is 1.12. The largest absolute Gasteiger partial charge is 0.375 e. The summed E-state index contributed by atoms with van der Waals surface area (Å²) >= 11 is 3.58. The van der Waals surface area contributed by atoms with Crippen LogP contribution in [0.15, 0.2) is 22.7 Å². The highest BCUT2D eigenvalue weighted by Gasteiger charge is 2.42. The number of rotatable bonds is 3. The molecule has 0 radical (unpaired) electrons. The maximum absolute atomic E-state index is 13.6. The van der Waals surface area contributed by atoms with E-state index in [0.29, 0.717) is 5.92 Å². The molecular formula is C17H23BrFNO. The van der Waals surface area contributed by atoms with E-state index < -0.39 is 0 Å². The van der Waals surface area contributed by atoms with Gasteiger partial charge in [0.1, 0.15) is 5.82 Å². The van der Waals surface area contributed by atoms with Crippen LogP contribution in [0.3, 0.4) is 0 Å². The fourth-order valence-electron chi connectivity index (χ4n) is 4.12. The number of benzene rings is 1. The fraction of sp³-hybridized carbons (Fsp3) is 0.647. The second kappa shape index (κ2) is 6.35. The molecule has 1 aliphatic heterocycles. The van der Waals surface area contributed by atoms with E-state index in [1.807, 2.05) is 7.05 Å². The Morgan fingerprint density at radius 3 is 2.86 bits per heavy atom. The zero-order valence-corrected chi connectivity index (χ0v) is 14.1. The van der Waals surface area contributed by atoms with Gasteiger partial charge in [-0.05, 0) is 62.4 Å². The van der Waals surface area contributed by atoms with Gasteiger partial charge in [-0.25, -0.2) is 4.39 Å². The average molecular weight is 356 g/mol. The molecule has 21 heavy (non-hydrogen) atoms. The van der Waals surface area contributed by atoms with Gasteiger partial charge in [-0.1, -0.05) is 28.8 Å². The van der Waals surface area contributed by atoms with Crippen molar-refractivity contribution in [1.82, 2.24) is 5.32 Å².